The maximum absolute atomic E-state index is 14.3. The highest BCUT2D eigenvalue weighted by Gasteiger charge is 2.13. The summed E-state index contributed by atoms with van der Waals surface area (Å²) in [4.78, 5) is 10.9. The third kappa shape index (κ3) is 4.08. The van der Waals surface area contributed by atoms with Crippen molar-refractivity contribution in [3.63, 3.8) is 0 Å². The third-order valence-corrected chi connectivity index (χ3v) is 5.22. The number of anilines is 2. The SMILES string of the molecule is N=C(Nc1ccc(N2CCOCC2)nc1)c1nccn1/C=C/c1cc2[nH]ncc2cc1F. The smallest absolute Gasteiger partial charge is 0.179 e. The minimum atomic E-state index is -0.351. The van der Waals surface area contributed by atoms with Gasteiger partial charge in [-0.2, -0.15) is 5.10 Å². The minimum absolute atomic E-state index is 0.102. The molecule has 4 aromatic rings. The Morgan fingerprint density at radius 3 is 2.88 bits per heavy atom. The number of ether oxygens (including phenoxy) is 1. The molecule has 0 amide bonds. The number of aromatic amines is 1. The maximum Gasteiger partial charge on any atom is 0.179 e. The molecular formula is C22H21FN8O. The molecule has 4 heterocycles. The molecule has 3 N–H and O–H groups in total. The van der Waals surface area contributed by atoms with Gasteiger partial charge in [0.15, 0.2) is 11.7 Å². The van der Waals surface area contributed by atoms with Crippen LogP contribution >= 0.6 is 0 Å². The van der Waals surface area contributed by atoms with Crippen LogP contribution in [0.5, 0.6) is 0 Å². The van der Waals surface area contributed by atoms with Crippen molar-refractivity contribution in [3.8, 4) is 0 Å². The van der Waals surface area contributed by atoms with Gasteiger partial charge in [0.25, 0.3) is 0 Å². The van der Waals surface area contributed by atoms with Crippen molar-refractivity contribution in [3.05, 3.63) is 66.3 Å². The van der Waals surface area contributed by atoms with Gasteiger partial charge in [0.05, 0.1) is 36.8 Å². The van der Waals surface area contributed by atoms with Crippen LogP contribution in [0.1, 0.15) is 11.4 Å². The molecule has 1 aliphatic rings. The second kappa shape index (κ2) is 8.60. The highest BCUT2D eigenvalue weighted by Crippen LogP contribution is 2.19. The molecular weight excluding hydrogens is 411 g/mol. The van der Waals surface area contributed by atoms with E-state index in [9.17, 15) is 4.39 Å². The Kier molecular flexibility index (Phi) is 5.34. The highest BCUT2D eigenvalue weighted by molar-refractivity contribution is 6.04. The zero-order valence-corrected chi connectivity index (χ0v) is 17.1. The van der Waals surface area contributed by atoms with Crippen LogP contribution in [-0.2, 0) is 4.74 Å². The van der Waals surface area contributed by atoms with E-state index in [4.69, 9.17) is 10.1 Å². The van der Waals surface area contributed by atoms with Gasteiger partial charge in [-0.3, -0.25) is 10.5 Å². The first-order valence-corrected chi connectivity index (χ1v) is 10.2. The summed E-state index contributed by atoms with van der Waals surface area (Å²) >= 11 is 0. The monoisotopic (exact) mass is 432 g/mol. The molecule has 1 aromatic carbocycles. The van der Waals surface area contributed by atoms with Gasteiger partial charge in [-0.1, -0.05) is 0 Å². The molecule has 0 bridgehead atoms. The zero-order valence-electron chi connectivity index (χ0n) is 17.1. The Labute approximate surface area is 183 Å². The number of amidine groups is 1. The number of fused-ring (bicyclic) bond motifs is 1. The topological polar surface area (TPSA) is 108 Å². The Morgan fingerprint density at radius 1 is 1.19 bits per heavy atom. The summed E-state index contributed by atoms with van der Waals surface area (Å²) in [5, 5.41) is 18.9. The summed E-state index contributed by atoms with van der Waals surface area (Å²) in [6, 6.07) is 6.92. The normalized spacial score (nSPS) is 14.3. The van der Waals surface area contributed by atoms with Crippen LogP contribution in [0, 0.1) is 11.2 Å². The number of morpholine rings is 1. The van der Waals surface area contributed by atoms with Crippen LogP contribution in [0.15, 0.2) is 49.1 Å². The summed E-state index contributed by atoms with van der Waals surface area (Å²) in [5.41, 5.74) is 1.84. The Balaban J connectivity index is 1.29. The van der Waals surface area contributed by atoms with Crippen molar-refractivity contribution >= 4 is 40.5 Å². The molecule has 3 aromatic heterocycles. The van der Waals surface area contributed by atoms with Gasteiger partial charge in [-0.25, -0.2) is 14.4 Å². The number of rotatable bonds is 5. The molecule has 0 unspecified atom stereocenters. The summed E-state index contributed by atoms with van der Waals surface area (Å²) in [6.07, 6.45) is 9.86. The molecule has 0 aliphatic carbocycles. The predicted molar refractivity (Wildman–Crippen MR) is 121 cm³/mol. The summed E-state index contributed by atoms with van der Waals surface area (Å²) in [7, 11) is 0. The summed E-state index contributed by atoms with van der Waals surface area (Å²) in [6.45, 7) is 3.02. The fraction of sp³-hybridized carbons (Fsp3) is 0.182. The average Bonchev–Trinajstić information content (AvgIpc) is 3.47. The fourth-order valence-electron chi connectivity index (χ4n) is 3.54. The van der Waals surface area contributed by atoms with Crippen molar-refractivity contribution in [1.82, 2.24) is 24.7 Å². The number of pyridine rings is 1. The van der Waals surface area contributed by atoms with Crippen molar-refractivity contribution < 1.29 is 9.13 Å². The van der Waals surface area contributed by atoms with Gasteiger partial charge in [0.1, 0.15) is 11.6 Å². The van der Waals surface area contributed by atoms with E-state index in [1.807, 2.05) is 12.1 Å². The number of nitrogens with zero attached hydrogens (tertiary/aromatic N) is 5. The Morgan fingerprint density at radius 2 is 2.06 bits per heavy atom. The van der Waals surface area contributed by atoms with Crippen LogP contribution in [0.2, 0.25) is 0 Å². The van der Waals surface area contributed by atoms with E-state index < -0.39 is 0 Å². The van der Waals surface area contributed by atoms with E-state index in [2.05, 4.69) is 30.4 Å². The first-order valence-electron chi connectivity index (χ1n) is 10.2. The van der Waals surface area contributed by atoms with Crippen LogP contribution in [-0.4, -0.2) is 56.9 Å². The average molecular weight is 432 g/mol. The van der Waals surface area contributed by atoms with Crippen LogP contribution < -0.4 is 10.2 Å². The molecule has 1 aliphatic heterocycles. The molecule has 10 heteroatoms. The van der Waals surface area contributed by atoms with Crippen molar-refractivity contribution in [2.45, 2.75) is 0 Å². The van der Waals surface area contributed by atoms with Gasteiger partial charge in [0, 0.05) is 42.6 Å². The van der Waals surface area contributed by atoms with E-state index in [0.29, 0.717) is 35.7 Å². The van der Waals surface area contributed by atoms with Crippen molar-refractivity contribution in [1.29, 1.82) is 5.41 Å². The van der Waals surface area contributed by atoms with E-state index in [1.165, 1.54) is 6.07 Å². The van der Waals surface area contributed by atoms with Gasteiger partial charge in [0.2, 0.25) is 0 Å². The quantitative estimate of drug-likeness (QED) is 0.330. The molecule has 5 rings (SSSR count). The number of aromatic nitrogens is 5. The fourth-order valence-corrected chi connectivity index (χ4v) is 3.54. The van der Waals surface area contributed by atoms with Crippen molar-refractivity contribution in [2.24, 2.45) is 0 Å². The lowest BCUT2D eigenvalue weighted by atomic mass is 10.1. The maximum atomic E-state index is 14.3. The lowest BCUT2D eigenvalue weighted by Crippen LogP contribution is -2.36. The number of hydrogen-bond acceptors (Lipinski definition) is 6. The van der Waals surface area contributed by atoms with E-state index in [-0.39, 0.29) is 11.7 Å². The minimum Gasteiger partial charge on any atom is -0.378 e. The molecule has 1 saturated heterocycles. The number of hydrogen-bond donors (Lipinski definition) is 3. The standard InChI is InChI=1S/C22H21FN8O/c23-18-11-16-13-27-29-19(16)12-15(18)3-5-31-6-4-25-22(31)21(24)28-17-1-2-20(26-14-17)30-7-9-32-10-8-30/h1-6,11-14H,7-10H2,(H2,24,28)(H,27,29)/b5-3+. The molecule has 0 radical (unpaired) electrons. The van der Waals surface area contributed by atoms with Gasteiger partial charge >= 0.3 is 0 Å². The first kappa shape index (κ1) is 19.9. The highest BCUT2D eigenvalue weighted by atomic mass is 19.1. The number of nitrogens with one attached hydrogen (secondary N) is 3. The largest absolute Gasteiger partial charge is 0.378 e. The van der Waals surface area contributed by atoms with Gasteiger partial charge < -0.3 is 19.5 Å². The van der Waals surface area contributed by atoms with E-state index in [0.717, 1.165) is 24.4 Å². The summed E-state index contributed by atoms with van der Waals surface area (Å²) in [5.74, 6) is 1.02. The van der Waals surface area contributed by atoms with Gasteiger partial charge in [-0.15, -0.1) is 0 Å². The van der Waals surface area contributed by atoms with E-state index >= 15 is 0 Å². The second-order valence-corrected chi connectivity index (χ2v) is 7.31. The Hall–Kier alpha value is -4.05. The molecule has 0 spiro atoms. The lowest BCUT2D eigenvalue weighted by molar-refractivity contribution is 0.122. The number of halogens is 1. The molecule has 0 saturated carbocycles. The van der Waals surface area contributed by atoms with E-state index in [1.54, 1.807) is 47.7 Å². The summed E-state index contributed by atoms with van der Waals surface area (Å²) < 4.78 is 21.4. The molecule has 9 nitrogen and oxygen atoms in total. The number of H-pyrrole nitrogens is 1. The number of benzene rings is 1. The Bertz CT molecular complexity index is 1270. The zero-order chi connectivity index (χ0) is 21.9. The van der Waals surface area contributed by atoms with Crippen molar-refractivity contribution in [2.75, 3.05) is 36.5 Å². The van der Waals surface area contributed by atoms with Crippen LogP contribution in [0.25, 0.3) is 23.2 Å². The van der Waals surface area contributed by atoms with Crippen LogP contribution in [0.4, 0.5) is 15.9 Å². The third-order valence-electron chi connectivity index (χ3n) is 5.22. The number of imidazole rings is 1. The van der Waals surface area contributed by atoms with Gasteiger partial charge in [-0.05, 0) is 30.3 Å². The predicted octanol–water partition coefficient (Wildman–Crippen LogP) is 3.20. The lowest BCUT2D eigenvalue weighted by Gasteiger charge is -2.27. The second-order valence-electron chi connectivity index (χ2n) is 7.31. The molecule has 32 heavy (non-hydrogen) atoms. The molecule has 0 atom stereocenters. The molecule has 1 fully saturated rings. The first-order chi connectivity index (χ1) is 15.7. The van der Waals surface area contributed by atoms with Crippen LogP contribution in [0.3, 0.4) is 0 Å². The molecule has 162 valence electrons.